The van der Waals surface area contributed by atoms with E-state index in [0.717, 1.165) is 0 Å². The van der Waals surface area contributed by atoms with E-state index in [-0.39, 0.29) is 6.17 Å². The third kappa shape index (κ3) is 4.07. The van der Waals surface area contributed by atoms with E-state index in [0.29, 0.717) is 21.7 Å². The van der Waals surface area contributed by atoms with Crippen LogP contribution in [0.3, 0.4) is 0 Å². The SMILES string of the molecule is CC(N)/N=C(/Nc1c(Cl)cccc1Cl)N(C)C. The van der Waals surface area contributed by atoms with Crippen molar-refractivity contribution >= 4 is 34.8 Å². The second-order valence-corrected chi connectivity index (χ2v) is 4.62. The van der Waals surface area contributed by atoms with Crippen LogP contribution in [0.1, 0.15) is 6.92 Å². The van der Waals surface area contributed by atoms with E-state index in [2.05, 4.69) is 10.3 Å². The molecule has 3 N–H and O–H groups in total. The highest BCUT2D eigenvalue weighted by atomic mass is 35.5. The van der Waals surface area contributed by atoms with Crippen molar-refractivity contribution in [1.82, 2.24) is 4.90 Å². The summed E-state index contributed by atoms with van der Waals surface area (Å²) in [6.45, 7) is 1.79. The molecule has 1 aromatic carbocycles. The minimum Gasteiger partial charge on any atom is -0.349 e. The summed E-state index contributed by atoms with van der Waals surface area (Å²) in [5.41, 5.74) is 6.27. The number of para-hydroxylation sites is 1. The number of benzene rings is 1. The number of nitrogens with two attached hydrogens (primary N) is 1. The first-order valence-electron chi connectivity index (χ1n) is 5.13. The normalized spacial score (nSPS) is 13.4. The van der Waals surface area contributed by atoms with Crippen molar-refractivity contribution in [2.75, 3.05) is 19.4 Å². The zero-order valence-electron chi connectivity index (χ0n) is 10.0. The first kappa shape index (κ1) is 14.1. The monoisotopic (exact) mass is 274 g/mol. The molecule has 0 amide bonds. The number of anilines is 1. The van der Waals surface area contributed by atoms with Gasteiger partial charge in [0.05, 0.1) is 21.9 Å². The molecule has 0 bridgehead atoms. The molecule has 0 spiro atoms. The van der Waals surface area contributed by atoms with E-state index >= 15 is 0 Å². The fraction of sp³-hybridized carbons (Fsp3) is 0.364. The Kier molecular flexibility index (Phi) is 5.05. The lowest BCUT2D eigenvalue weighted by atomic mass is 10.3. The van der Waals surface area contributed by atoms with Gasteiger partial charge in [0.1, 0.15) is 0 Å². The minimum atomic E-state index is -0.304. The molecule has 4 nitrogen and oxygen atoms in total. The van der Waals surface area contributed by atoms with Gasteiger partial charge >= 0.3 is 0 Å². The molecule has 0 aliphatic heterocycles. The summed E-state index contributed by atoms with van der Waals surface area (Å²) in [5.74, 6) is 0.606. The molecule has 17 heavy (non-hydrogen) atoms. The number of nitrogens with one attached hydrogen (secondary N) is 1. The summed E-state index contributed by atoms with van der Waals surface area (Å²) in [6, 6.07) is 5.30. The summed E-state index contributed by atoms with van der Waals surface area (Å²) in [7, 11) is 3.72. The van der Waals surface area contributed by atoms with Gasteiger partial charge in [0.2, 0.25) is 0 Å². The number of halogens is 2. The molecule has 0 saturated carbocycles. The van der Waals surface area contributed by atoms with Crippen LogP contribution in [-0.4, -0.2) is 31.1 Å². The second-order valence-electron chi connectivity index (χ2n) is 3.81. The molecule has 0 aliphatic carbocycles. The maximum atomic E-state index is 6.06. The molecule has 0 fully saturated rings. The minimum absolute atomic E-state index is 0.304. The standard InChI is InChI=1S/C11H16Cl2N4/c1-7(14)15-11(17(2)3)16-10-8(12)5-4-6-9(10)13/h4-7H,14H2,1-3H3,(H,15,16). The highest BCUT2D eigenvalue weighted by Crippen LogP contribution is 2.29. The molecule has 0 heterocycles. The number of hydrogen-bond acceptors (Lipinski definition) is 2. The van der Waals surface area contributed by atoms with Gasteiger partial charge in [-0.2, -0.15) is 0 Å². The number of hydrogen-bond donors (Lipinski definition) is 2. The van der Waals surface area contributed by atoms with E-state index in [1.54, 1.807) is 25.1 Å². The Labute approximate surface area is 111 Å². The zero-order chi connectivity index (χ0) is 13.0. The first-order chi connectivity index (χ1) is 7.91. The lowest BCUT2D eigenvalue weighted by Gasteiger charge is -2.19. The molecule has 1 rings (SSSR count). The van der Waals surface area contributed by atoms with Crippen LogP contribution in [0.4, 0.5) is 5.69 Å². The fourth-order valence-corrected chi connectivity index (χ4v) is 1.67. The van der Waals surface area contributed by atoms with Crippen molar-refractivity contribution in [3.63, 3.8) is 0 Å². The lowest BCUT2D eigenvalue weighted by Crippen LogP contribution is -2.32. The second kappa shape index (κ2) is 6.10. The Morgan fingerprint density at radius 1 is 1.35 bits per heavy atom. The maximum Gasteiger partial charge on any atom is 0.199 e. The zero-order valence-corrected chi connectivity index (χ0v) is 11.5. The molecule has 1 aromatic rings. The van der Waals surface area contributed by atoms with Gasteiger partial charge in [-0.3, -0.25) is 0 Å². The average molecular weight is 275 g/mol. The van der Waals surface area contributed by atoms with Gasteiger partial charge in [0.25, 0.3) is 0 Å². The van der Waals surface area contributed by atoms with Gasteiger partial charge in [-0.25, -0.2) is 4.99 Å². The lowest BCUT2D eigenvalue weighted by molar-refractivity contribution is 0.606. The van der Waals surface area contributed by atoms with Crippen LogP contribution in [0.15, 0.2) is 23.2 Å². The maximum absolute atomic E-state index is 6.06. The number of guanidine groups is 1. The van der Waals surface area contributed by atoms with E-state index < -0.39 is 0 Å². The third-order valence-electron chi connectivity index (χ3n) is 1.95. The van der Waals surface area contributed by atoms with Crippen molar-refractivity contribution in [2.24, 2.45) is 10.7 Å². The van der Waals surface area contributed by atoms with Crippen LogP contribution in [0.25, 0.3) is 0 Å². The quantitative estimate of drug-likeness (QED) is 0.644. The van der Waals surface area contributed by atoms with Gasteiger partial charge in [-0.15, -0.1) is 0 Å². The van der Waals surface area contributed by atoms with Gasteiger partial charge in [0, 0.05) is 14.1 Å². The molecular weight excluding hydrogens is 259 g/mol. The molecule has 0 radical (unpaired) electrons. The summed E-state index contributed by atoms with van der Waals surface area (Å²) in [6.07, 6.45) is -0.304. The predicted molar refractivity (Wildman–Crippen MR) is 74.9 cm³/mol. The average Bonchev–Trinajstić information content (AvgIpc) is 2.21. The smallest absolute Gasteiger partial charge is 0.199 e. The molecule has 1 atom stereocenters. The van der Waals surface area contributed by atoms with Crippen molar-refractivity contribution in [1.29, 1.82) is 0 Å². The Morgan fingerprint density at radius 3 is 2.29 bits per heavy atom. The highest BCUT2D eigenvalue weighted by Gasteiger charge is 2.10. The molecule has 0 saturated heterocycles. The molecule has 0 aromatic heterocycles. The summed E-state index contributed by atoms with van der Waals surface area (Å²) in [5, 5.41) is 4.16. The molecule has 1 unspecified atom stereocenters. The number of aliphatic imine (C=N–C) groups is 1. The fourth-order valence-electron chi connectivity index (χ4n) is 1.18. The van der Waals surface area contributed by atoms with Gasteiger partial charge in [-0.05, 0) is 19.1 Å². The van der Waals surface area contributed by atoms with Gasteiger partial charge in [0.15, 0.2) is 5.96 Å². The largest absolute Gasteiger partial charge is 0.349 e. The van der Waals surface area contributed by atoms with Crippen LogP contribution in [0.5, 0.6) is 0 Å². The van der Waals surface area contributed by atoms with Crippen LogP contribution in [0, 0.1) is 0 Å². The summed E-state index contributed by atoms with van der Waals surface area (Å²) >= 11 is 12.1. The van der Waals surface area contributed by atoms with Crippen molar-refractivity contribution in [3.05, 3.63) is 28.2 Å². The van der Waals surface area contributed by atoms with E-state index in [1.807, 2.05) is 19.0 Å². The van der Waals surface area contributed by atoms with E-state index in [1.165, 1.54) is 0 Å². The number of nitrogens with zero attached hydrogens (tertiary/aromatic N) is 2. The van der Waals surface area contributed by atoms with Crippen LogP contribution in [0.2, 0.25) is 10.0 Å². The van der Waals surface area contributed by atoms with Crippen LogP contribution < -0.4 is 11.1 Å². The Hall–Kier alpha value is -0.970. The van der Waals surface area contributed by atoms with Crippen molar-refractivity contribution in [2.45, 2.75) is 13.1 Å². The summed E-state index contributed by atoms with van der Waals surface area (Å²) < 4.78 is 0. The topological polar surface area (TPSA) is 53.6 Å². The Bertz CT molecular complexity index is 396. The van der Waals surface area contributed by atoms with E-state index in [4.69, 9.17) is 28.9 Å². The van der Waals surface area contributed by atoms with Crippen LogP contribution in [-0.2, 0) is 0 Å². The van der Waals surface area contributed by atoms with E-state index in [9.17, 15) is 0 Å². The van der Waals surface area contributed by atoms with Gasteiger partial charge in [-0.1, -0.05) is 29.3 Å². The first-order valence-corrected chi connectivity index (χ1v) is 5.89. The van der Waals surface area contributed by atoms with Crippen molar-refractivity contribution in [3.8, 4) is 0 Å². The van der Waals surface area contributed by atoms with Crippen molar-refractivity contribution < 1.29 is 0 Å². The Balaban J connectivity index is 3.02. The Morgan fingerprint density at radius 2 is 1.88 bits per heavy atom. The molecule has 6 heteroatoms. The van der Waals surface area contributed by atoms with Crippen LogP contribution >= 0.6 is 23.2 Å². The molecule has 0 aliphatic rings. The molecule has 94 valence electrons. The molecular formula is C11H16Cl2N4. The summed E-state index contributed by atoms with van der Waals surface area (Å²) in [4.78, 5) is 6.05. The predicted octanol–water partition coefficient (Wildman–Crippen LogP) is 2.63. The van der Waals surface area contributed by atoms with Gasteiger partial charge < -0.3 is 16.0 Å². The highest BCUT2D eigenvalue weighted by molar-refractivity contribution is 6.39. The number of rotatable bonds is 2. The third-order valence-corrected chi connectivity index (χ3v) is 2.58.